The summed E-state index contributed by atoms with van der Waals surface area (Å²) in [6.45, 7) is 3.72. The zero-order valence-corrected chi connectivity index (χ0v) is 23.7. The van der Waals surface area contributed by atoms with E-state index in [0.717, 1.165) is 21.9 Å². The number of hydrogen-bond acceptors (Lipinski definition) is 7. The Morgan fingerprint density at radius 3 is 2.55 bits per heavy atom. The highest BCUT2D eigenvalue weighted by Crippen LogP contribution is 2.35. The lowest BCUT2D eigenvalue weighted by molar-refractivity contribution is -0.139. The molecule has 9 heteroatoms. The second kappa shape index (κ2) is 10.6. The molecule has 0 fully saturated rings. The number of benzene rings is 3. The van der Waals surface area contributed by atoms with E-state index in [4.69, 9.17) is 14.2 Å². The van der Waals surface area contributed by atoms with Crippen LogP contribution in [0.15, 0.2) is 80.1 Å². The summed E-state index contributed by atoms with van der Waals surface area (Å²) >= 11 is 4.81. The van der Waals surface area contributed by atoms with Gasteiger partial charge in [-0.2, -0.15) is 0 Å². The number of methoxy groups -OCH3 is 2. The predicted molar refractivity (Wildman–Crippen MR) is 152 cm³/mol. The summed E-state index contributed by atoms with van der Waals surface area (Å²) in [5.74, 6) is 0.798. The molecule has 0 radical (unpaired) electrons. The van der Waals surface area contributed by atoms with Crippen LogP contribution in [-0.4, -0.2) is 31.4 Å². The number of halogens is 1. The third-order valence-electron chi connectivity index (χ3n) is 6.43. The van der Waals surface area contributed by atoms with E-state index >= 15 is 0 Å². The molecule has 1 atom stereocenters. The fourth-order valence-electron chi connectivity index (χ4n) is 4.69. The van der Waals surface area contributed by atoms with E-state index in [-0.39, 0.29) is 12.2 Å². The minimum Gasteiger partial charge on any atom is -0.496 e. The van der Waals surface area contributed by atoms with Crippen LogP contribution in [0.2, 0.25) is 0 Å². The maximum Gasteiger partial charge on any atom is 0.338 e. The fraction of sp³-hybridized carbons (Fsp3) is 0.207. The van der Waals surface area contributed by atoms with Gasteiger partial charge in [0.05, 0.1) is 47.1 Å². The molecule has 0 saturated heterocycles. The first-order valence-electron chi connectivity index (χ1n) is 12.0. The summed E-state index contributed by atoms with van der Waals surface area (Å²) < 4.78 is 19.2. The summed E-state index contributed by atoms with van der Waals surface area (Å²) in [7, 11) is 3.19. The van der Waals surface area contributed by atoms with Gasteiger partial charge in [-0.3, -0.25) is 9.36 Å². The summed E-state index contributed by atoms with van der Waals surface area (Å²) in [5, 5.41) is 2.01. The topological polar surface area (TPSA) is 79.1 Å². The van der Waals surface area contributed by atoms with Gasteiger partial charge in [0, 0.05) is 5.56 Å². The van der Waals surface area contributed by atoms with Crippen molar-refractivity contribution >= 4 is 50.1 Å². The van der Waals surface area contributed by atoms with E-state index in [1.807, 2.05) is 54.6 Å². The molecule has 7 nitrogen and oxygen atoms in total. The molecule has 0 unspecified atom stereocenters. The third-order valence-corrected chi connectivity index (χ3v) is 8.04. The zero-order valence-electron chi connectivity index (χ0n) is 21.3. The number of rotatable bonds is 6. The SMILES string of the molecule is CCOC(=O)C1=C(C)N=c2s/c(=C/c3c(OC)ccc4ccccc34)c(=O)n2[C@@H]1c1ccc(OC)c(Br)c1. The van der Waals surface area contributed by atoms with Gasteiger partial charge in [-0.1, -0.05) is 47.7 Å². The van der Waals surface area contributed by atoms with Crippen LogP contribution in [0.25, 0.3) is 16.8 Å². The molecule has 1 aliphatic rings. The van der Waals surface area contributed by atoms with Crippen LogP contribution in [0.5, 0.6) is 11.5 Å². The Bertz CT molecular complexity index is 1790. The lowest BCUT2D eigenvalue weighted by Crippen LogP contribution is -2.40. The second-order valence-corrected chi connectivity index (χ2v) is 10.5. The number of hydrogen-bond donors (Lipinski definition) is 0. The van der Waals surface area contributed by atoms with Gasteiger partial charge < -0.3 is 14.2 Å². The molecule has 194 valence electrons. The normalized spacial score (nSPS) is 15.3. The summed E-state index contributed by atoms with van der Waals surface area (Å²) in [5.41, 5.74) is 2.11. The lowest BCUT2D eigenvalue weighted by atomic mass is 9.96. The number of carbonyl (C=O) groups is 1. The number of nitrogens with zero attached hydrogens (tertiary/aromatic N) is 2. The van der Waals surface area contributed by atoms with Gasteiger partial charge in [-0.05, 0) is 70.4 Å². The number of fused-ring (bicyclic) bond motifs is 2. The lowest BCUT2D eigenvalue weighted by Gasteiger charge is -2.25. The van der Waals surface area contributed by atoms with Crippen molar-refractivity contribution in [3.05, 3.63) is 101 Å². The highest BCUT2D eigenvalue weighted by Gasteiger charge is 2.33. The highest BCUT2D eigenvalue weighted by atomic mass is 79.9. The standard InChI is InChI=1S/C29H25BrN2O5S/c1-5-37-28(34)25-16(2)31-29-32(26(25)18-11-13-23(36-4)21(30)14-18)27(33)24(38-29)15-20-19-9-7-6-8-17(19)10-12-22(20)35-3/h6-15,26H,5H2,1-4H3/b24-15+/t26-/m1/s1. The van der Waals surface area contributed by atoms with Crippen LogP contribution in [0, 0.1) is 0 Å². The van der Waals surface area contributed by atoms with Crippen molar-refractivity contribution < 1.29 is 19.0 Å². The van der Waals surface area contributed by atoms with Crippen LogP contribution < -0.4 is 24.4 Å². The van der Waals surface area contributed by atoms with Gasteiger partial charge in [-0.25, -0.2) is 9.79 Å². The first-order valence-corrected chi connectivity index (χ1v) is 13.6. The Morgan fingerprint density at radius 2 is 1.84 bits per heavy atom. The molecule has 4 aromatic rings. The van der Waals surface area contributed by atoms with Gasteiger partial charge in [-0.15, -0.1) is 0 Å². The Kier molecular flexibility index (Phi) is 7.23. The molecular weight excluding hydrogens is 568 g/mol. The number of aromatic nitrogens is 1. The number of thiazole rings is 1. The maximum atomic E-state index is 14.0. The van der Waals surface area contributed by atoms with Crippen LogP contribution in [0.4, 0.5) is 0 Å². The van der Waals surface area contributed by atoms with Crippen molar-refractivity contribution in [1.82, 2.24) is 4.57 Å². The second-order valence-electron chi connectivity index (χ2n) is 8.60. The summed E-state index contributed by atoms with van der Waals surface area (Å²) in [6.07, 6.45) is 1.84. The van der Waals surface area contributed by atoms with Gasteiger partial charge in [0.2, 0.25) is 0 Å². The first kappa shape index (κ1) is 25.9. The minimum atomic E-state index is -0.718. The average Bonchev–Trinajstić information content (AvgIpc) is 3.22. The number of carbonyl (C=O) groups excluding carboxylic acids is 1. The van der Waals surface area contributed by atoms with Gasteiger partial charge >= 0.3 is 5.97 Å². The van der Waals surface area contributed by atoms with Crippen LogP contribution in [-0.2, 0) is 9.53 Å². The number of esters is 1. The maximum absolute atomic E-state index is 14.0. The van der Waals surface area contributed by atoms with Crippen molar-refractivity contribution in [3.8, 4) is 11.5 Å². The molecule has 0 saturated carbocycles. The third kappa shape index (κ3) is 4.46. The molecule has 3 aromatic carbocycles. The molecule has 1 aliphatic heterocycles. The van der Waals surface area contributed by atoms with E-state index in [9.17, 15) is 9.59 Å². The van der Waals surface area contributed by atoms with Crippen molar-refractivity contribution in [1.29, 1.82) is 0 Å². The molecular formula is C29H25BrN2O5S. The quantitative estimate of drug-likeness (QED) is 0.302. The summed E-state index contributed by atoms with van der Waals surface area (Å²) in [6, 6.07) is 16.6. The Morgan fingerprint density at radius 1 is 1.11 bits per heavy atom. The van der Waals surface area contributed by atoms with E-state index in [0.29, 0.717) is 36.6 Å². The van der Waals surface area contributed by atoms with Crippen LogP contribution in [0.3, 0.4) is 0 Å². The first-order chi connectivity index (χ1) is 18.4. The van der Waals surface area contributed by atoms with Crippen molar-refractivity contribution in [2.24, 2.45) is 4.99 Å². The molecule has 0 amide bonds. The van der Waals surface area contributed by atoms with Gasteiger partial charge in [0.1, 0.15) is 11.5 Å². The molecule has 2 heterocycles. The molecule has 5 rings (SSSR count). The Labute approximate surface area is 231 Å². The predicted octanol–water partition coefficient (Wildman–Crippen LogP) is 4.73. The van der Waals surface area contributed by atoms with E-state index in [2.05, 4.69) is 20.9 Å². The number of ether oxygens (including phenoxy) is 3. The minimum absolute atomic E-state index is 0.208. The largest absolute Gasteiger partial charge is 0.496 e. The molecule has 0 N–H and O–H groups in total. The summed E-state index contributed by atoms with van der Waals surface area (Å²) in [4.78, 5) is 32.3. The molecule has 38 heavy (non-hydrogen) atoms. The zero-order chi connectivity index (χ0) is 27.0. The van der Waals surface area contributed by atoms with Crippen molar-refractivity contribution in [2.75, 3.05) is 20.8 Å². The molecule has 0 spiro atoms. The average molecular weight is 593 g/mol. The van der Waals surface area contributed by atoms with E-state index in [1.54, 1.807) is 38.7 Å². The monoisotopic (exact) mass is 592 g/mol. The van der Waals surface area contributed by atoms with E-state index < -0.39 is 12.0 Å². The van der Waals surface area contributed by atoms with Gasteiger partial charge in [0.25, 0.3) is 5.56 Å². The molecule has 1 aromatic heterocycles. The molecule has 0 aliphatic carbocycles. The van der Waals surface area contributed by atoms with Crippen molar-refractivity contribution in [2.45, 2.75) is 19.9 Å². The van der Waals surface area contributed by atoms with Gasteiger partial charge in [0.15, 0.2) is 4.80 Å². The smallest absolute Gasteiger partial charge is 0.338 e. The van der Waals surface area contributed by atoms with E-state index in [1.165, 1.54) is 11.3 Å². The number of allylic oxidation sites excluding steroid dienone is 1. The Hall–Kier alpha value is -3.69. The highest BCUT2D eigenvalue weighted by molar-refractivity contribution is 9.10. The fourth-order valence-corrected chi connectivity index (χ4v) is 6.28. The van der Waals surface area contributed by atoms with Crippen molar-refractivity contribution in [3.63, 3.8) is 0 Å². The van der Waals surface area contributed by atoms with Crippen LogP contribution >= 0.6 is 27.3 Å². The Balaban J connectivity index is 1.78. The molecule has 0 bridgehead atoms. The van der Waals surface area contributed by atoms with Crippen LogP contribution in [0.1, 0.15) is 31.0 Å².